The largest absolute Gasteiger partial charge is 0.495 e. The molecule has 7 nitrogen and oxygen atoms in total. The highest BCUT2D eigenvalue weighted by Gasteiger charge is 2.44. The SMILES string of the molecule is COc1cc(C(=O)NCC(c2cc3c(c(-c4ccc(F)cc4)n2)OCC3(CF)CF)C(F)F)cc(/C=C(\N)C(F)F)c1N. The van der Waals surface area contributed by atoms with E-state index in [1.807, 2.05) is 0 Å². The number of nitrogens with one attached hydrogen (secondary N) is 1. The van der Waals surface area contributed by atoms with E-state index in [4.69, 9.17) is 20.9 Å². The Labute approximate surface area is 241 Å². The Kier molecular flexibility index (Phi) is 9.36. The average Bonchev–Trinajstić information content (AvgIpc) is 3.37. The van der Waals surface area contributed by atoms with E-state index in [0.717, 1.165) is 30.3 Å². The molecule has 2 heterocycles. The number of alkyl halides is 6. The van der Waals surface area contributed by atoms with Gasteiger partial charge in [0, 0.05) is 28.8 Å². The van der Waals surface area contributed by atoms with Crippen molar-refractivity contribution in [2.45, 2.75) is 24.2 Å². The fourth-order valence-corrected chi connectivity index (χ4v) is 4.57. The molecule has 3 aromatic rings. The number of hydrogen-bond acceptors (Lipinski definition) is 6. The van der Waals surface area contributed by atoms with Crippen molar-refractivity contribution in [2.75, 3.05) is 39.3 Å². The Morgan fingerprint density at radius 1 is 1.14 bits per heavy atom. The van der Waals surface area contributed by atoms with Crippen molar-refractivity contribution in [3.63, 3.8) is 0 Å². The molecule has 0 fully saturated rings. The van der Waals surface area contributed by atoms with Crippen LogP contribution in [0.1, 0.15) is 33.1 Å². The molecule has 0 spiro atoms. The molecule has 1 unspecified atom stereocenters. The number of allylic oxidation sites excluding steroid dienone is 1. The van der Waals surface area contributed by atoms with Crippen LogP contribution in [0.3, 0.4) is 0 Å². The first-order valence-corrected chi connectivity index (χ1v) is 12.8. The van der Waals surface area contributed by atoms with Gasteiger partial charge in [0.05, 0.1) is 35.5 Å². The quantitative estimate of drug-likeness (QED) is 0.198. The summed E-state index contributed by atoms with van der Waals surface area (Å²) >= 11 is 0. The summed E-state index contributed by atoms with van der Waals surface area (Å²) in [6.07, 6.45) is -5.26. The van der Waals surface area contributed by atoms with Gasteiger partial charge in [-0.2, -0.15) is 0 Å². The maximum absolute atomic E-state index is 14.4. The lowest BCUT2D eigenvalue weighted by molar-refractivity contribution is 0.0898. The Balaban J connectivity index is 1.71. The van der Waals surface area contributed by atoms with Crippen molar-refractivity contribution in [2.24, 2.45) is 5.73 Å². The molecule has 1 amide bonds. The summed E-state index contributed by atoms with van der Waals surface area (Å²) in [5.41, 5.74) is 8.24. The lowest BCUT2D eigenvalue weighted by Gasteiger charge is -2.23. The lowest BCUT2D eigenvalue weighted by Crippen LogP contribution is -2.34. The van der Waals surface area contributed by atoms with Crippen molar-refractivity contribution in [1.29, 1.82) is 0 Å². The van der Waals surface area contributed by atoms with Gasteiger partial charge in [0.2, 0.25) is 6.43 Å². The molecule has 1 atom stereocenters. The second-order valence-corrected chi connectivity index (χ2v) is 9.89. The minimum absolute atomic E-state index is 0.0136. The zero-order valence-electron chi connectivity index (χ0n) is 22.7. The first-order chi connectivity index (χ1) is 20.4. The van der Waals surface area contributed by atoms with Crippen LogP contribution in [0.2, 0.25) is 0 Å². The van der Waals surface area contributed by atoms with Crippen LogP contribution in [-0.4, -0.2) is 57.4 Å². The molecular weight excluding hydrogens is 585 g/mol. The van der Waals surface area contributed by atoms with Crippen molar-refractivity contribution < 1.29 is 45.0 Å². The van der Waals surface area contributed by atoms with Crippen LogP contribution in [0, 0.1) is 5.82 Å². The van der Waals surface area contributed by atoms with Crippen LogP contribution in [0.25, 0.3) is 17.3 Å². The van der Waals surface area contributed by atoms with E-state index in [9.17, 15) is 35.5 Å². The fraction of sp³-hybridized carbons (Fsp3) is 0.310. The highest BCUT2D eigenvalue weighted by atomic mass is 19.3. The van der Waals surface area contributed by atoms with E-state index in [1.165, 1.54) is 25.3 Å². The van der Waals surface area contributed by atoms with Crippen LogP contribution in [0.5, 0.6) is 11.5 Å². The number of anilines is 1. The smallest absolute Gasteiger partial charge is 0.277 e. The van der Waals surface area contributed by atoms with E-state index in [-0.39, 0.29) is 50.8 Å². The van der Waals surface area contributed by atoms with Gasteiger partial charge < -0.3 is 26.3 Å². The number of nitrogens with two attached hydrogens (primary N) is 2. The van der Waals surface area contributed by atoms with Gasteiger partial charge in [-0.1, -0.05) is 0 Å². The molecule has 0 saturated carbocycles. The van der Waals surface area contributed by atoms with E-state index < -0.39 is 68.1 Å². The number of aromatic nitrogens is 1. The van der Waals surface area contributed by atoms with Gasteiger partial charge in [0.25, 0.3) is 12.3 Å². The summed E-state index contributed by atoms with van der Waals surface area (Å²) in [5.74, 6) is -3.30. The van der Waals surface area contributed by atoms with Crippen molar-refractivity contribution in [3.8, 4) is 22.8 Å². The number of nitrogens with zero attached hydrogens (tertiary/aromatic N) is 1. The Bertz CT molecular complexity index is 1510. The minimum atomic E-state index is -3.11. The third kappa shape index (κ3) is 6.32. The van der Waals surface area contributed by atoms with Crippen LogP contribution >= 0.6 is 0 Å². The number of benzene rings is 2. The fourth-order valence-electron chi connectivity index (χ4n) is 4.57. The number of carbonyl (C=O) groups is 1. The molecule has 1 aliphatic rings. The number of fused-ring (bicyclic) bond motifs is 1. The van der Waals surface area contributed by atoms with Gasteiger partial charge in [-0.05, 0) is 48.5 Å². The highest BCUT2D eigenvalue weighted by Crippen LogP contribution is 2.46. The summed E-state index contributed by atoms with van der Waals surface area (Å²) in [7, 11) is 1.22. The predicted octanol–water partition coefficient (Wildman–Crippen LogP) is 5.39. The summed E-state index contributed by atoms with van der Waals surface area (Å²) in [6.45, 7) is -3.48. The van der Waals surface area contributed by atoms with Gasteiger partial charge in [-0.3, -0.25) is 4.79 Å². The number of hydrogen-bond donors (Lipinski definition) is 3. The molecule has 1 aromatic heterocycles. The first-order valence-electron chi connectivity index (χ1n) is 12.8. The zero-order chi connectivity index (χ0) is 31.5. The number of carbonyl (C=O) groups excluding carboxylic acids is 1. The molecule has 43 heavy (non-hydrogen) atoms. The topological polar surface area (TPSA) is 112 Å². The van der Waals surface area contributed by atoms with E-state index in [1.54, 1.807) is 0 Å². The molecule has 14 heteroatoms. The second-order valence-electron chi connectivity index (χ2n) is 9.89. The number of rotatable bonds is 11. The van der Waals surface area contributed by atoms with Crippen molar-refractivity contribution in [3.05, 3.63) is 76.4 Å². The standard InChI is InChI=1S/C29H27F7N4O3/c1-42-22-8-16(6-15(23(22)38)7-20(37)27(35)36)28(41)39-10-18(26(33)34)21-9-19-25(43-13-29(19,11-30)12-31)24(40-21)14-2-4-17(32)5-3-14/h2-9,18,26-27H,10-13,37-38H2,1H3,(H,39,41)/b20-7-. The van der Waals surface area contributed by atoms with Gasteiger partial charge in [0.15, 0.2) is 0 Å². The van der Waals surface area contributed by atoms with E-state index in [2.05, 4.69) is 10.3 Å². The lowest BCUT2D eigenvalue weighted by atomic mass is 9.83. The molecule has 2 aromatic carbocycles. The van der Waals surface area contributed by atoms with Crippen molar-refractivity contribution in [1.82, 2.24) is 10.3 Å². The molecule has 230 valence electrons. The molecule has 0 saturated heterocycles. The van der Waals surface area contributed by atoms with E-state index >= 15 is 0 Å². The second kappa shape index (κ2) is 12.8. The van der Waals surface area contributed by atoms with Crippen LogP contribution in [0.15, 0.2) is 48.2 Å². The number of halogens is 7. The summed E-state index contributed by atoms with van der Waals surface area (Å²) in [6, 6.07) is 8.28. The van der Waals surface area contributed by atoms with Crippen LogP contribution in [-0.2, 0) is 5.41 Å². The van der Waals surface area contributed by atoms with Gasteiger partial charge in [-0.15, -0.1) is 0 Å². The maximum atomic E-state index is 14.4. The minimum Gasteiger partial charge on any atom is -0.495 e. The third-order valence-electron chi connectivity index (χ3n) is 7.08. The Morgan fingerprint density at radius 2 is 1.81 bits per heavy atom. The van der Waals surface area contributed by atoms with Crippen molar-refractivity contribution >= 4 is 17.7 Å². The van der Waals surface area contributed by atoms with Crippen LogP contribution in [0.4, 0.5) is 36.4 Å². The summed E-state index contributed by atoms with van der Waals surface area (Å²) in [5, 5.41) is 2.35. The predicted molar refractivity (Wildman–Crippen MR) is 145 cm³/mol. The van der Waals surface area contributed by atoms with Gasteiger partial charge >= 0.3 is 0 Å². The summed E-state index contributed by atoms with van der Waals surface area (Å²) in [4.78, 5) is 17.3. The molecular formula is C29H27F7N4O3. The Morgan fingerprint density at radius 3 is 2.40 bits per heavy atom. The average molecular weight is 613 g/mol. The molecule has 0 bridgehead atoms. The number of amides is 1. The number of ether oxygens (including phenoxy) is 2. The monoisotopic (exact) mass is 612 g/mol. The molecule has 4 rings (SSSR count). The Hall–Kier alpha value is -4.49. The third-order valence-corrected chi connectivity index (χ3v) is 7.08. The maximum Gasteiger partial charge on any atom is 0.277 e. The van der Waals surface area contributed by atoms with Gasteiger partial charge in [-0.25, -0.2) is 35.7 Å². The number of methoxy groups -OCH3 is 1. The number of pyridine rings is 1. The molecule has 5 N–H and O–H groups in total. The highest BCUT2D eigenvalue weighted by molar-refractivity contribution is 5.96. The van der Waals surface area contributed by atoms with E-state index in [0.29, 0.717) is 0 Å². The first kappa shape index (κ1) is 31.4. The number of nitrogen functional groups attached to an aromatic ring is 1. The van der Waals surface area contributed by atoms with Gasteiger partial charge in [0.1, 0.15) is 43.0 Å². The zero-order valence-corrected chi connectivity index (χ0v) is 22.7. The van der Waals surface area contributed by atoms with Crippen LogP contribution < -0.4 is 26.3 Å². The summed E-state index contributed by atoms with van der Waals surface area (Å²) < 4.78 is 107. The normalized spacial score (nSPS) is 14.9. The molecule has 0 radical (unpaired) electrons. The molecule has 0 aliphatic carbocycles. The molecule has 1 aliphatic heterocycles.